The third-order valence-corrected chi connectivity index (χ3v) is 4.47. The van der Waals surface area contributed by atoms with Crippen LogP contribution in [0, 0.1) is 0 Å². The van der Waals surface area contributed by atoms with E-state index in [2.05, 4.69) is 49.7 Å². The Morgan fingerprint density at radius 3 is 2.38 bits per heavy atom. The Balaban J connectivity index is 2.38. The van der Waals surface area contributed by atoms with Crippen LogP contribution < -0.4 is 5.32 Å². The lowest BCUT2D eigenvalue weighted by molar-refractivity contribution is 0.184. The normalized spacial score (nSPS) is 29.2. The highest BCUT2D eigenvalue weighted by Gasteiger charge is 2.26. The van der Waals surface area contributed by atoms with Gasteiger partial charge in [-0.2, -0.15) is 11.8 Å². The van der Waals surface area contributed by atoms with E-state index in [0.29, 0.717) is 0 Å². The maximum absolute atomic E-state index is 3.56. The average Bonchev–Trinajstić information content (AvgIpc) is 2.23. The van der Waals surface area contributed by atoms with Gasteiger partial charge in [0.05, 0.1) is 0 Å². The number of nitrogens with one attached hydrogen (secondary N) is 1. The van der Waals surface area contributed by atoms with Crippen molar-refractivity contribution in [3.63, 3.8) is 0 Å². The van der Waals surface area contributed by atoms with Gasteiger partial charge in [-0.25, -0.2) is 0 Å². The SMILES string of the molecule is CCCNCC(CC)N1CC(C)SC(C)C1. The van der Waals surface area contributed by atoms with Crippen molar-refractivity contribution in [1.29, 1.82) is 0 Å². The molecule has 0 amide bonds. The van der Waals surface area contributed by atoms with E-state index in [1.165, 1.54) is 25.9 Å². The van der Waals surface area contributed by atoms with Gasteiger partial charge < -0.3 is 5.32 Å². The predicted molar refractivity (Wildman–Crippen MR) is 75.3 cm³/mol. The molecule has 0 spiro atoms. The summed E-state index contributed by atoms with van der Waals surface area (Å²) < 4.78 is 0. The lowest BCUT2D eigenvalue weighted by atomic mass is 10.1. The quantitative estimate of drug-likeness (QED) is 0.723. The lowest BCUT2D eigenvalue weighted by Crippen LogP contribution is -2.49. The van der Waals surface area contributed by atoms with Gasteiger partial charge >= 0.3 is 0 Å². The number of thioether (sulfide) groups is 1. The van der Waals surface area contributed by atoms with Crippen molar-refractivity contribution in [2.75, 3.05) is 26.2 Å². The predicted octanol–water partition coefficient (Wildman–Crippen LogP) is 2.59. The Hall–Kier alpha value is 0.270. The summed E-state index contributed by atoms with van der Waals surface area (Å²) in [5, 5.41) is 5.16. The molecule has 0 radical (unpaired) electrons. The van der Waals surface area contributed by atoms with Crippen LogP contribution in [0.15, 0.2) is 0 Å². The first-order valence-electron chi connectivity index (χ1n) is 6.77. The summed E-state index contributed by atoms with van der Waals surface area (Å²) in [5.74, 6) is 0. The molecular weight excluding hydrogens is 216 g/mol. The first-order valence-corrected chi connectivity index (χ1v) is 7.71. The molecule has 1 rings (SSSR count). The maximum Gasteiger partial charge on any atom is 0.0218 e. The van der Waals surface area contributed by atoms with Gasteiger partial charge in [-0.05, 0) is 19.4 Å². The minimum absolute atomic E-state index is 0.734. The zero-order valence-corrected chi connectivity index (χ0v) is 12.1. The fraction of sp³-hybridized carbons (Fsp3) is 1.00. The number of hydrogen-bond donors (Lipinski definition) is 1. The summed E-state index contributed by atoms with van der Waals surface area (Å²) in [7, 11) is 0. The molecule has 0 aliphatic carbocycles. The minimum atomic E-state index is 0.734. The van der Waals surface area contributed by atoms with Gasteiger partial charge in [0.2, 0.25) is 0 Å². The van der Waals surface area contributed by atoms with E-state index < -0.39 is 0 Å². The Morgan fingerprint density at radius 1 is 1.25 bits per heavy atom. The largest absolute Gasteiger partial charge is 0.315 e. The first kappa shape index (κ1) is 14.3. The molecule has 1 N–H and O–H groups in total. The van der Waals surface area contributed by atoms with Crippen LogP contribution in [0.3, 0.4) is 0 Å². The number of nitrogens with zero attached hydrogens (tertiary/aromatic N) is 1. The molecule has 0 bridgehead atoms. The molecule has 2 nitrogen and oxygen atoms in total. The average molecular weight is 244 g/mol. The van der Waals surface area contributed by atoms with Crippen molar-refractivity contribution >= 4 is 11.8 Å². The first-order chi connectivity index (χ1) is 7.67. The summed E-state index contributed by atoms with van der Waals surface area (Å²) in [5.41, 5.74) is 0. The molecule has 16 heavy (non-hydrogen) atoms. The topological polar surface area (TPSA) is 15.3 Å². The van der Waals surface area contributed by atoms with Crippen LogP contribution in [0.25, 0.3) is 0 Å². The summed E-state index contributed by atoms with van der Waals surface area (Å²) >= 11 is 2.14. The van der Waals surface area contributed by atoms with E-state index in [1.54, 1.807) is 0 Å². The van der Waals surface area contributed by atoms with Gasteiger partial charge in [0.15, 0.2) is 0 Å². The fourth-order valence-corrected chi connectivity index (χ4v) is 3.84. The van der Waals surface area contributed by atoms with Gasteiger partial charge in [-0.15, -0.1) is 0 Å². The summed E-state index contributed by atoms with van der Waals surface area (Å²) in [6, 6.07) is 0.734. The van der Waals surface area contributed by atoms with Gasteiger partial charge in [-0.3, -0.25) is 4.90 Å². The van der Waals surface area contributed by atoms with E-state index >= 15 is 0 Å². The van der Waals surface area contributed by atoms with Crippen LogP contribution in [0.4, 0.5) is 0 Å². The Kier molecular flexibility index (Phi) is 6.78. The van der Waals surface area contributed by atoms with Gasteiger partial charge in [-0.1, -0.05) is 27.7 Å². The zero-order valence-electron chi connectivity index (χ0n) is 11.3. The van der Waals surface area contributed by atoms with Gasteiger partial charge in [0.1, 0.15) is 0 Å². The monoisotopic (exact) mass is 244 g/mol. The Labute approximate surface area is 106 Å². The molecule has 1 aliphatic rings. The summed E-state index contributed by atoms with van der Waals surface area (Å²) in [6.45, 7) is 14.1. The van der Waals surface area contributed by atoms with Crippen LogP contribution in [0.2, 0.25) is 0 Å². The van der Waals surface area contributed by atoms with E-state index in [4.69, 9.17) is 0 Å². The third kappa shape index (κ3) is 4.64. The molecule has 3 heteroatoms. The van der Waals surface area contributed by atoms with Crippen molar-refractivity contribution in [2.24, 2.45) is 0 Å². The molecule has 0 aromatic heterocycles. The second-order valence-electron chi connectivity index (χ2n) is 4.98. The van der Waals surface area contributed by atoms with Crippen molar-refractivity contribution < 1.29 is 0 Å². The molecule has 1 saturated heterocycles. The molecule has 1 fully saturated rings. The zero-order chi connectivity index (χ0) is 12.0. The lowest BCUT2D eigenvalue weighted by Gasteiger charge is -2.39. The molecule has 1 aliphatic heterocycles. The highest BCUT2D eigenvalue weighted by atomic mass is 32.2. The Bertz CT molecular complexity index is 177. The molecule has 3 unspecified atom stereocenters. The van der Waals surface area contributed by atoms with Crippen molar-refractivity contribution in [3.05, 3.63) is 0 Å². The van der Waals surface area contributed by atoms with Crippen LogP contribution in [0.5, 0.6) is 0 Å². The van der Waals surface area contributed by atoms with Crippen molar-refractivity contribution in [1.82, 2.24) is 10.2 Å². The van der Waals surface area contributed by atoms with Crippen LogP contribution >= 0.6 is 11.8 Å². The van der Waals surface area contributed by atoms with E-state index in [1.807, 2.05) is 0 Å². The minimum Gasteiger partial charge on any atom is -0.315 e. The van der Waals surface area contributed by atoms with Crippen LogP contribution in [-0.2, 0) is 0 Å². The van der Waals surface area contributed by atoms with Crippen molar-refractivity contribution in [3.8, 4) is 0 Å². The summed E-state index contributed by atoms with van der Waals surface area (Å²) in [6.07, 6.45) is 2.50. The highest BCUT2D eigenvalue weighted by molar-refractivity contribution is 8.00. The fourth-order valence-electron chi connectivity index (χ4n) is 2.49. The van der Waals surface area contributed by atoms with Gasteiger partial charge in [0, 0.05) is 36.2 Å². The van der Waals surface area contributed by atoms with Crippen LogP contribution in [0.1, 0.15) is 40.5 Å². The van der Waals surface area contributed by atoms with Crippen LogP contribution in [-0.4, -0.2) is 47.6 Å². The van der Waals surface area contributed by atoms with E-state index in [-0.39, 0.29) is 0 Å². The van der Waals surface area contributed by atoms with E-state index in [9.17, 15) is 0 Å². The highest BCUT2D eigenvalue weighted by Crippen LogP contribution is 2.26. The number of rotatable bonds is 6. The smallest absolute Gasteiger partial charge is 0.0218 e. The molecule has 3 atom stereocenters. The molecule has 0 aromatic rings. The molecule has 96 valence electrons. The second kappa shape index (κ2) is 7.57. The van der Waals surface area contributed by atoms with E-state index in [0.717, 1.165) is 29.6 Å². The molecular formula is C13H28N2S. The van der Waals surface area contributed by atoms with Crippen molar-refractivity contribution in [2.45, 2.75) is 57.1 Å². The Morgan fingerprint density at radius 2 is 1.88 bits per heavy atom. The summed E-state index contributed by atoms with van der Waals surface area (Å²) in [4.78, 5) is 2.69. The third-order valence-electron chi connectivity index (χ3n) is 3.24. The van der Waals surface area contributed by atoms with Gasteiger partial charge in [0.25, 0.3) is 0 Å². The standard InChI is InChI=1S/C13H28N2S/c1-5-7-14-8-13(6-2)15-9-11(3)16-12(4)10-15/h11-14H,5-10H2,1-4H3. The second-order valence-corrected chi connectivity index (χ2v) is 6.86. The molecule has 1 heterocycles. The molecule has 0 aromatic carbocycles. The number of hydrogen-bond acceptors (Lipinski definition) is 3. The molecule has 0 saturated carbocycles. The maximum atomic E-state index is 3.56.